The number of rotatable bonds is 5. The highest BCUT2D eigenvalue weighted by Gasteiger charge is 2.33. The maximum absolute atomic E-state index is 13.3. The van der Waals surface area contributed by atoms with Gasteiger partial charge in [-0.15, -0.1) is 0 Å². The quantitative estimate of drug-likeness (QED) is 0.547. The summed E-state index contributed by atoms with van der Waals surface area (Å²) >= 11 is 0. The number of amides is 2. The molecule has 3 aromatic rings. The molecule has 1 atom stereocenters. The summed E-state index contributed by atoms with van der Waals surface area (Å²) in [5.74, 6) is -0.280. The predicted molar refractivity (Wildman–Crippen MR) is 135 cm³/mol. The van der Waals surface area contributed by atoms with Crippen LogP contribution in [0.3, 0.4) is 0 Å². The summed E-state index contributed by atoms with van der Waals surface area (Å²) in [6.07, 6.45) is 0.0323. The minimum atomic E-state index is -3.89. The summed E-state index contributed by atoms with van der Waals surface area (Å²) in [6, 6.07) is 18.5. The molecule has 0 aliphatic carbocycles. The van der Waals surface area contributed by atoms with E-state index in [1.54, 1.807) is 75.4 Å². The highest BCUT2D eigenvalue weighted by molar-refractivity contribution is 7.89. The molecule has 1 unspecified atom stereocenters. The van der Waals surface area contributed by atoms with Gasteiger partial charge in [0.1, 0.15) is 5.60 Å². The van der Waals surface area contributed by atoms with Crippen LogP contribution in [0.4, 0.5) is 10.5 Å². The number of ether oxygens (including phenoxy) is 1. The largest absolute Gasteiger partial charge is 0.444 e. The summed E-state index contributed by atoms with van der Waals surface area (Å²) in [7, 11) is -3.89. The predicted octanol–water partition coefficient (Wildman–Crippen LogP) is 4.38. The molecule has 1 saturated heterocycles. The first kappa shape index (κ1) is 24.7. The molecule has 184 valence electrons. The molecule has 0 radical (unpaired) electrons. The van der Waals surface area contributed by atoms with Gasteiger partial charge in [-0.1, -0.05) is 42.5 Å². The fraction of sp³-hybridized carbons (Fsp3) is 0.308. The van der Waals surface area contributed by atoms with Gasteiger partial charge in [-0.2, -0.15) is 0 Å². The molecular weight excluding hydrogens is 466 g/mol. The van der Waals surface area contributed by atoms with E-state index in [0.717, 1.165) is 0 Å². The number of sulfonamides is 1. The summed E-state index contributed by atoms with van der Waals surface area (Å²) in [6.45, 7) is 6.01. The molecule has 1 aliphatic heterocycles. The molecule has 0 spiro atoms. The van der Waals surface area contributed by atoms with Crippen molar-refractivity contribution in [2.45, 2.75) is 43.7 Å². The van der Waals surface area contributed by atoms with Crippen molar-refractivity contribution in [1.29, 1.82) is 0 Å². The normalized spacial score (nSPS) is 16.3. The number of fused-ring (bicyclic) bond motifs is 1. The molecule has 0 saturated carbocycles. The van der Waals surface area contributed by atoms with Crippen LogP contribution in [0.5, 0.6) is 0 Å². The third kappa shape index (κ3) is 5.80. The standard InChI is InChI=1S/C26H29N3O5S/c1-26(2,3)34-25(31)29-16-15-19(17-29)28-35(32,33)23-14-13-22(20-11-7-8-12-21(20)23)27-24(30)18-9-5-4-6-10-18/h4-14,19,28H,15-17H2,1-3H3,(H,27,30). The van der Waals surface area contributed by atoms with Gasteiger partial charge in [0.25, 0.3) is 5.91 Å². The lowest BCUT2D eigenvalue weighted by Gasteiger charge is -2.24. The zero-order chi connectivity index (χ0) is 25.2. The van der Waals surface area contributed by atoms with Gasteiger partial charge in [0.15, 0.2) is 0 Å². The molecule has 3 aromatic carbocycles. The van der Waals surface area contributed by atoms with E-state index in [0.29, 0.717) is 35.0 Å². The number of hydrogen-bond acceptors (Lipinski definition) is 5. The minimum absolute atomic E-state index is 0.113. The highest BCUT2D eigenvalue weighted by Crippen LogP contribution is 2.30. The molecule has 2 amide bonds. The third-order valence-corrected chi connectivity index (χ3v) is 7.20. The summed E-state index contributed by atoms with van der Waals surface area (Å²) < 4.78 is 34.8. The zero-order valence-corrected chi connectivity index (χ0v) is 20.8. The zero-order valence-electron chi connectivity index (χ0n) is 19.9. The summed E-state index contributed by atoms with van der Waals surface area (Å²) in [5, 5.41) is 3.98. The SMILES string of the molecule is CC(C)(C)OC(=O)N1CCC(NS(=O)(=O)c2ccc(NC(=O)c3ccccc3)c3ccccc23)C1. The van der Waals surface area contributed by atoms with E-state index in [1.165, 1.54) is 11.0 Å². The Morgan fingerprint density at radius 2 is 1.60 bits per heavy atom. The number of carbonyl (C=O) groups excluding carboxylic acids is 2. The lowest BCUT2D eigenvalue weighted by molar-refractivity contribution is 0.0291. The van der Waals surface area contributed by atoms with Gasteiger partial charge < -0.3 is 15.0 Å². The van der Waals surface area contributed by atoms with E-state index < -0.39 is 27.8 Å². The van der Waals surface area contributed by atoms with Crippen molar-refractivity contribution in [3.8, 4) is 0 Å². The molecule has 1 heterocycles. The van der Waals surface area contributed by atoms with Crippen LogP contribution in [0.1, 0.15) is 37.6 Å². The molecule has 9 heteroatoms. The molecule has 1 aliphatic rings. The Morgan fingerprint density at radius 3 is 2.29 bits per heavy atom. The van der Waals surface area contributed by atoms with E-state index in [9.17, 15) is 18.0 Å². The van der Waals surface area contributed by atoms with E-state index in [-0.39, 0.29) is 17.3 Å². The smallest absolute Gasteiger partial charge is 0.410 e. The summed E-state index contributed by atoms with van der Waals surface area (Å²) in [4.78, 5) is 26.6. The Kier molecular flexibility index (Phi) is 6.82. The maximum Gasteiger partial charge on any atom is 0.410 e. The van der Waals surface area contributed by atoms with Crippen LogP contribution in [0, 0.1) is 0 Å². The first-order valence-electron chi connectivity index (χ1n) is 11.4. The summed E-state index contributed by atoms with van der Waals surface area (Å²) in [5.41, 5.74) is 0.404. The number of nitrogens with one attached hydrogen (secondary N) is 2. The lowest BCUT2D eigenvalue weighted by Crippen LogP contribution is -2.40. The number of carbonyl (C=O) groups is 2. The van der Waals surface area contributed by atoms with Crippen molar-refractivity contribution in [2.75, 3.05) is 18.4 Å². The second kappa shape index (κ2) is 9.67. The molecule has 8 nitrogen and oxygen atoms in total. The van der Waals surface area contributed by atoms with Crippen molar-refractivity contribution in [1.82, 2.24) is 9.62 Å². The fourth-order valence-corrected chi connectivity index (χ4v) is 5.50. The number of nitrogens with zero attached hydrogens (tertiary/aromatic N) is 1. The first-order chi connectivity index (χ1) is 16.5. The fourth-order valence-electron chi connectivity index (χ4n) is 4.03. The van der Waals surface area contributed by atoms with E-state index in [4.69, 9.17) is 4.74 Å². The van der Waals surface area contributed by atoms with Crippen LogP contribution >= 0.6 is 0 Å². The van der Waals surface area contributed by atoms with E-state index in [2.05, 4.69) is 10.0 Å². The molecule has 1 fully saturated rings. The monoisotopic (exact) mass is 495 g/mol. The molecule has 0 aromatic heterocycles. The van der Waals surface area contributed by atoms with Gasteiger partial charge in [0.05, 0.1) is 4.90 Å². The Morgan fingerprint density at radius 1 is 0.943 bits per heavy atom. The number of benzene rings is 3. The minimum Gasteiger partial charge on any atom is -0.444 e. The van der Waals surface area contributed by atoms with Gasteiger partial charge >= 0.3 is 6.09 Å². The van der Waals surface area contributed by atoms with Crippen molar-refractivity contribution >= 4 is 38.5 Å². The second-order valence-corrected chi connectivity index (χ2v) is 11.2. The third-order valence-electron chi connectivity index (χ3n) is 5.62. The van der Waals surface area contributed by atoms with Gasteiger partial charge in [0.2, 0.25) is 10.0 Å². The van der Waals surface area contributed by atoms with Crippen LogP contribution in [0.2, 0.25) is 0 Å². The Labute approximate surface area is 205 Å². The highest BCUT2D eigenvalue weighted by atomic mass is 32.2. The topological polar surface area (TPSA) is 105 Å². The lowest BCUT2D eigenvalue weighted by atomic mass is 10.1. The number of anilines is 1. The number of hydrogen-bond donors (Lipinski definition) is 2. The van der Waals surface area contributed by atoms with Crippen LogP contribution in [-0.2, 0) is 14.8 Å². The molecule has 0 bridgehead atoms. The molecule has 35 heavy (non-hydrogen) atoms. The van der Waals surface area contributed by atoms with Crippen molar-refractivity contribution in [2.24, 2.45) is 0 Å². The maximum atomic E-state index is 13.3. The van der Waals surface area contributed by atoms with Crippen LogP contribution in [-0.4, -0.2) is 50.1 Å². The van der Waals surface area contributed by atoms with Crippen molar-refractivity contribution in [3.05, 3.63) is 72.3 Å². The van der Waals surface area contributed by atoms with E-state index >= 15 is 0 Å². The van der Waals surface area contributed by atoms with Crippen LogP contribution in [0.25, 0.3) is 10.8 Å². The molecule has 4 rings (SSSR count). The van der Waals surface area contributed by atoms with Gasteiger partial charge in [0, 0.05) is 41.2 Å². The Hall–Kier alpha value is -3.43. The van der Waals surface area contributed by atoms with Crippen LogP contribution in [0.15, 0.2) is 71.6 Å². The second-order valence-electron chi connectivity index (χ2n) is 9.51. The van der Waals surface area contributed by atoms with E-state index in [1.807, 2.05) is 6.07 Å². The Bertz CT molecular complexity index is 1350. The first-order valence-corrected chi connectivity index (χ1v) is 12.9. The van der Waals surface area contributed by atoms with Crippen LogP contribution < -0.4 is 10.0 Å². The average Bonchev–Trinajstić information content (AvgIpc) is 3.26. The van der Waals surface area contributed by atoms with Gasteiger partial charge in [-0.05, 0) is 51.5 Å². The molecular formula is C26H29N3O5S. The average molecular weight is 496 g/mol. The van der Waals surface area contributed by atoms with Crippen molar-refractivity contribution < 1.29 is 22.7 Å². The Balaban J connectivity index is 1.54. The van der Waals surface area contributed by atoms with Gasteiger partial charge in [-0.3, -0.25) is 4.79 Å². The molecule has 2 N–H and O–H groups in total. The number of likely N-dealkylation sites (tertiary alicyclic amines) is 1. The van der Waals surface area contributed by atoms with Crippen molar-refractivity contribution in [3.63, 3.8) is 0 Å². The van der Waals surface area contributed by atoms with Gasteiger partial charge in [-0.25, -0.2) is 17.9 Å².